The van der Waals surface area contributed by atoms with Gasteiger partial charge in [-0.2, -0.15) is 18.2 Å². The van der Waals surface area contributed by atoms with Crippen LogP contribution in [0.25, 0.3) is 0 Å². The van der Waals surface area contributed by atoms with Crippen molar-refractivity contribution in [3.8, 4) is 12.3 Å². The lowest BCUT2D eigenvalue weighted by Gasteiger charge is -2.13. The standard InChI is InChI=1S/C19H18F3N5O3/c1-4-8-23-15-14(16(28)30-11(2)3)10-24-18(27-15)26-13-7-5-6-12(9-13)25-17(29)19(20,21)22/h1,5-7,9-11H,8H2,2-3H3,(H,25,29)(H2,23,24,26,27). The molecule has 0 saturated carbocycles. The minimum atomic E-state index is -5.01. The SMILES string of the molecule is C#CCNc1nc(Nc2cccc(NC(=O)C(F)(F)F)c2)ncc1C(=O)OC(C)C. The van der Waals surface area contributed by atoms with E-state index in [9.17, 15) is 22.8 Å². The van der Waals surface area contributed by atoms with Crippen LogP contribution in [0.2, 0.25) is 0 Å². The number of anilines is 4. The third kappa shape index (κ3) is 6.37. The molecule has 0 fully saturated rings. The molecular formula is C19H18F3N5O3. The lowest BCUT2D eigenvalue weighted by atomic mass is 10.2. The monoisotopic (exact) mass is 421 g/mol. The number of hydrogen-bond acceptors (Lipinski definition) is 7. The summed E-state index contributed by atoms with van der Waals surface area (Å²) in [6, 6.07) is 5.52. The van der Waals surface area contributed by atoms with Gasteiger partial charge in [0.25, 0.3) is 0 Å². The Labute approximate surface area is 170 Å². The Morgan fingerprint density at radius 3 is 2.60 bits per heavy atom. The fourth-order valence-electron chi connectivity index (χ4n) is 2.14. The highest BCUT2D eigenvalue weighted by molar-refractivity contribution is 5.95. The molecule has 1 heterocycles. The summed E-state index contributed by atoms with van der Waals surface area (Å²) in [6.45, 7) is 3.46. The maximum Gasteiger partial charge on any atom is 0.471 e. The van der Waals surface area contributed by atoms with Crippen molar-refractivity contribution in [2.24, 2.45) is 0 Å². The Balaban J connectivity index is 2.24. The molecular weight excluding hydrogens is 403 g/mol. The van der Waals surface area contributed by atoms with Gasteiger partial charge in [-0.15, -0.1) is 6.42 Å². The summed E-state index contributed by atoms with van der Waals surface area (Å²) < 4.78 is 42.3. The number of ether oxygens (including phenoxy) is 1. The summed E-state index contributed by atoms with van der Waals surface area (Å²) in [4.78, 5) is 31.5. The molecule has 8 nitrogen and oxygen atoms in total. The number of carbonyl (C=O) groups is 2. The average molecular weight is 421 g/mol. The molecule has 0 spiro atoms. The van der Waals surface area contributed by atoms with E-state index in [-0.39, 0.29) is 35.7 Å². The van der Waals surface area contributed by atoms with Crippen LogP contribution in [0.1, 0.15) is 24.2 Å². The second-order valence-corrected chi connectivity index (χ2v) is 6.13. The van der Waals surface area contributed by atoms with Gasteiger partial charge < -0.3 is 20.7 Å². The summed E-state index contributed by atoms with van der Waals surface area (Å²) in [5, 5.41) is 7.32. The summed E-state index contributed by atoms with van der Waals surface area (Å²) in [7, 11) is 0. The molecule has 0 aliphatic carbocycles. The molecule has 1 aromatic carbocycles. The van der Waals surface area contributed by atoms with Crippen LogP contribution in [-0.2, 0) is 9.53 Å². The second kappa shape index (κ2) is 9.60. The predicted octanol–water partition coefficient (Wildman–Crippen LogP) is 3.33. The maximum absolute atomic E-state index is 12.4. The smallest absolute Gasteiger partial charge is 0.459 e. The van der Waals surface area contributed by atoms with E-state index >= 15 is 0 Å². The molecule has 0 unspecified atom stereocenters. The van der Waals surface area contributed by atoms with E-state index in [0.29, 0.717) is 5.69 Å². The molecule has 0 saturated heterocycles. The topological polar surface area (TPSA) is 105 Å². The maximum atomic E-state index is 12.4. The van der Waals surface area contributed by atoms with Crippen LogP contribution in [0.5, 0.6) is 0 Å². The van der Waals surface area contributed by atoms with Gasteiger partial charge in [0.15, 0.2) is 0 Å². The molecule has 0 radical (unpaired) electrons. The number of rotatable bonds is 7. The largest absolute Gasteiger partial charge is 0.471 e. The fraction of sp³-hybridized carbons (Fsp3) is 0.263. The fourth-order valence-corrected chi connectivity index (χ4v) is 2.14. The van der Waals surface area contributed by atoms with Crippen molar-refractivity contribution < 1.29 is 27.5 Å². The molecule has 1 amide bonds. The van der Waals surface area contributed by atoms with Crippen LogP contribution in [0, 0.1) is 12.3 Å². The van der Waals surface area contributed by atoms with Crippen LogP contribution >= 0.6 is 0 Å². The van der Waals surface area contributed by atoms with E-state index in [4.69, 9.17) is 11.2 Å². The molecule has 0 aliphatic heterocycles. The number of carbonyl (C=O) groups excluding carboxylic acids is 2. The lowest BCUT2D eigenvalue weighted by Crippen LogP contribution is -2.29. The van der Waals surface area contributed by atoms with Crippen LogP contribution in [-0.4, -0.2) is 40.7 Å². The van der Waals surface area contributed by atoms with Crippen molar-refractivity contribution in [3.05, 3.63) is 36.0 Å². The first-order valence-electron chi connectivity index (χ1n) is 8.60. The van der Waals surface area contributed by atoms with Crippen LogP contribution in [0.15, 0.2) is 30.5 Å². The van der Waals surface area contributed by atoms with Crippen molar-refractivity contribution in [1.82, 2.24) is 9.97 Å². The molecule has 3 N–H and O–H groups in total. The van der Waals surface area contributed by atoms with Crippen molar-refractivity contribution >= 4 is 35.0 Å². The lowest BCUT2D eigenvalue weighted by molar-refractivity contribution is -0.167. The Kier molecular flexibility index (Phi) is 7.19. The van der Waals surface area contributed by atoms with E-state index < -0.39 is 18.1 Å². The van der Waals surface area contributed by atoms with Gasteiger partial charge in [0.2, 0.25) is 5.95 Å². The molecule has 30 heavy (non-hydrogen) atoms. The van der Waals surface area contributed by atoms with Gasteiger partial charge in [0.1, 0.15) is 11.4 Å². The first-order valence-corrected chi connectivity index (χ1v) is 8.60. The zero-order chi connectivity index (χ0) is 22.3. The van der Waals surface area contributed by atoms with Crippen molar-refractivity contribution in [1.29, 1.82) is 0 Å². The average Bonchev–Trinajstić information content (AvgIpc) is 2.65. The highest BCUT2D eigenvalue weighted by atomic mass is 19.4. The van der Waals surface area contributed by atoms with Gasteiger partial charge in [-0.25, -0.2) is 9.78 Å². The number of benzene rings is 1. The predicted molar refractivity (Wildman–Crippen MR) is 104 cm³/mol. The van der Waals surface area contributed by atoms with Crippen LogP contribution < -0.4 is 16.0 Å². The summed E-state index contributed by atoms with van der Waals surface area (Å²) in [5.41, 5.74) is 0.288. The number of nitrogens with one attached hydrogen (secondary N) is 3. The minimum absolute atomic E-state index is 0.0370. The third-order valence-electron chi connectivity index (χ3n) is 3.34. The van der Waals surface area contributed by atoms with E-state index in [1.54, 1.807) is 19.2 Å². The molecule has 0 bridgehead atoms. The summed E-state index contributed by atoms with van der Waals surface area (Å²) in [6.07, 6.45) is 1.09. The number of terminal acetylenes is 1. The number of halogens is 3. The number of aromatic nitrogens is 2. The summed E-state index contributed by atoms with van der Waals surface area (Å²) in [5.74, 6) is -0.225. The Morgan fingerprint density at radius 1 is 1.27 bits per heavy atom. The third-order valence-corrected chi connectivity index (χ3v) is 3.34. The highest BCUT2D eigenvalue weighted by Gasteiger charge is 2.38. The zero-order valence-corrected chi connectivity index (χ0v) is 16.0. The van der Waals surface area contributed by atoms with E-state index in [2.05, 4.69) is 26.5 Å². The molecule has 0 atom stereocenters. The van der Waals surface area contributed by atoms with Gasteiger partial charge >= 0.3 is 18.1 Å². The first-order chi connectivity index (χ1) is 14.1. The van der Waals surface area contributed by atoms with Gasteiger partial charge in [-0.3, -0.25) is 4.79 Å². The number of amides is 1. The van der Waals surface area contributed by atoms with Crippen LogP contribution in [0.3, 0.4) is 0 Å². The van der Waals surface area contributed by atoms with Crippen molar-refractivity contribution in [3.63, 3.8) is 0 Å². The molecule has 0 aliphatic rings. The van der Waals surface area contributed by atoms with Gasteiger partial charge in [-0.05, 0) is 32.0 Å². The molecule has 11 heteroatoms. The molecule has 1 aromatic heterocycles. The van der Waals surface area contributed by atoms with Crippen LogP contribution in [0.4, 0.5) is 36.3 Å². The molecule has 2 aromatic rings. The van der Waals surface area contributed by atoms with E-state index in [1.807, 2.05) is 0 Å². The van der Waals surface area contributed by atoms with Crippen molar-refractivity contribution in [2.75, 3.05) is 22.5 Å². The number of hydrogen-bond donors (Lipinski definition) is 3. The normalized spacial score (nSPS) is 10.8. The highest BCUT2D eigenvalue weighted by Crippen LogP contribution is 2.23. The zero-order valence-electron chi connectivity index (χ0n) is 16.0. The van der Waals surface area contributed by atoms with Gasteiger partial charge in [0.05, 0.1) is 12.6 Å². The Hall–Kier alpha value is -3.81. The minimum Gasteiger partial charge on any atom is -0.459 e. The van der Waals surface area contributed by atoms with Gasteiger partial charge in [-0.1, -0.05) is 12.0 Å². The quantitative estimate of drug-likeness (QED) is 0.465. The number of esters is 1. The van der Waals surface area contributed by atoms with Crippen molar-refractivity contribution in [2.45, 2.75) is 26.1 Å². The van der Waals surface area contributed by atoms with E-state index in [1.165, 1.54) is 30.5 Å². The Morgan fingerprint density at radius 2 is 1.97 bits per heavy atom. The van der Waals surface area contributed by atoms with Gasteiger partial charge in [0, 0.05) is 17.6 Å². The van der Waals surface area contributed by atoms with E-state index in [0.717, 1.165) is 0 Å². The number of nitrogens with zero attached hydrogens (tertiary/aromatic N) is 2. The Bertz CT molecular complexity index is 971. The first kappa shape index (κ1) is 22.5. The molecule has 2 rings (SSSR count). The number of alkyl halides is 3. The summed E-state index contributed by atoms with van der Waals surface area (Å²) >= 11 is 0. The second-order valence-electron chi connectivity index (χ2n) is 6.13. The molecule has 158 valence electrons.